The van der Waals surface area contributed by atoms with Gasteiger partial charge < -0.3 is 14.5 Å². The minimum Gasteiger partial charge on any atom is -0.470 e. The van der Waals surface area contributed by atoms with Crippen molar-refractivity contribution in [3.8, 4) is 11.9 Å². The maximum absolute atomic E-state index is 13.1. The largest absolute Gasteiger partial charge is 0.470 e. The second-order valence-corrected chi connectivity index (χ2v) is 6.83. The van der Waals surface area contributed by atoms with E-state index in [4.69, 9.17) is 10.00 Å². The van der Waals surface area contributed by atoms with Crippen molar-refractivity contribution in [1.82, 2.24) is 9.88 Å². The van der Waals surface area contributed by atoms with E-state index in [2.05, 4.69) is 4.98 Å². The average molecular weight is 380 g/mol. The van der Waals surface area contributed by atoms with Crippen molar-refractivity contribution < 1.29 is 18.7 Å². The number of halogens is 1. The number of rotatable bonds is 4. The number of likely N-dealkylation sites (tertiary alicyclic amines) is 1. The Morgan fingerprint density at radius 2 is 1.96 bits per heavy atom. The van der Waals surface area contributed by atoms with Crippen LogP contribution >= 0.6 is 0 Å². The first-order chi connectivity index (χ1) is 13.5. The predicted molar refractivity (Wildman–Crippen MR) is 96.8 cm³/mol. The molecule has 2 amide bonds. The Morgan fingerprint density at radius 1 is 1.21 bits per heavy atom. The smallest absolute Gasteiger partial charge is 0.232 e. The van der Waals surface area contributed by atoms with E-state index in [0.29, 0.717) is 24.3 Å². The minimum atomic E-state index is -0.428. The second-order valence-electron chi connectivity index (χ2n) is 6.83. The number of amides is 2. The number of carbonyl (C=O) groups excluding carboxylic acids is 2. The molecule has 3 heterocycles. The van der Waals surface area contributed by atoms with E-state index in [1.807, 2.05) is 6.07 Å². The van der Waals surface area contributed by atoms with Crippen molar-refractivity contribution in [1.29, 1.82) is 5.26 Å². The third kappa shape index (κ3) is 3.39. The van der Waals surface area contributed by atoms with Gasteiger partial charge in [-0.05, 0) is 36.4 Å². The van der Waals surface area contributed by atoms with Gasteiger partial charge in [-0.25, -0.2) is 9.37 Å². The van der Waals surface area contributed by atoms with Gasteiger partial charge in [-0.3, -0.25) is 9.59 Å². The highest BCUT2D eigenvalue weighted by atomic mass is 19.1. The van der Waals surface area contributed by atoms with Gasteiger partial charge in [-0.2, -0.15) is 5.26 Å². The van der Waals surface area contributed by atoms with Crippen molar-refractivity contribution in [2.75, 3.05) is 24.5 Å². The lowest BCUT2D eigenvalue weighted by atomic mass is 10.0. The van der Waals surface area contributed by atoms with E-state index in [-0.39, 0.29) is 42.6 Å². The van der Waals surface area contributed by atoms with Crippen LogP contribution in [0.4, 0.5) is 10.1 Å². The molecule has 2 fully saturated rings. The monoisotopic (exact) mass is 380 g/mol. The van der Waals surface area contributed by atoms with Crippen LogP contribution in [0.5, 0.6) is 5.88 Å². The summed E-state index contributed by atoms with van der Waals surface area (Å²) in [5.41, 5.74) is 0.939. The van der Waals surface area contributed by atoms with Crippen LogP contribution < -0.4 is 9.64 Å². The lowest BCUT2D eigenvalue weighted by Crippen LogP contribution is -2.58. The molecule has 0 radical (unpaired) electrons. The van der Waals surface area contributed by atoms with Gasteiger partial charge in [0.1, 0.15) is 23.6 Å². The molecule has 142 valence electrons. The van der Waals surface area contributed by atoms with Crippen molar-refractivity contribution in [2.24, 2.45) is 5.92 Å². The Bertz CT molecular complexity index is 951. The Hall–Kier alpha value is -3.47. The highest BCUT2D eigenvalue weighted by Crippen LogP contribution is 2.28. The van der Waals surface area contributed by atoms with Gasteiger partial charge in [0, 0.05) is 24.8 Å². The third-order valence-corrected chi connectivity index (χ3v) is 4.94. The number of hydrogen-bond acceptors (Lipinski definition) is 5. The topological polar surface area (TPSA) is 86.5 Å². The van der Waals surface area contributed by atoms with Crippen LogP contribution in [0.25, 0.3) is 0 Å². The van der Waals surface area contributed by atoms with E-state index in [9.17, 15) is 14.0 Å². The molecule has 28 heavy (non-hydrogen) atoms. The van der Waals surface area contributed by atoms with Crippen LogP contribution in [-0.4, -0.2) is 47.4 Å². The fourth-order valence-corrected chi connectivity index (χ4v) is 3.42. The van der Waals surface area contributed by atoms with Gasteiger partial charge in [-0.1, -0.05) is 0 Å². The van der Waals surface area contributed by atoms with Crippen molar-refractivity contribution >= 4 is 17.5 Å². The number of pyridine rings is 1. The maximum atomic E-state index is 13.1. The van der Waals surface area contributed by atoms with E-state index in [1.165, 1.54) is 29.2 Å². The van der Waals surface area contributed by atoms with Crippen LogP contribution in [0, 0.1) is 23.1 Å². The summed E-state index contributed by atoms with van der Waals surface area (Å²) in [4.78, 5) is 32.2. The van der Waals surface area contributed by atoms with Gasteiger partial charge >= 0.3 is 0 Å². The summed E-state index contributed by atoms with van der Waals surface area (Å²) in [6.45, 7) is 1.06. The Kier molecular flexibility index (Phi) is 4.65. The van der Waals surface area contributed by atoms with E-state index < -0.39 is 5.92 Å². The SMILES string of the molecule is N#Cc1cccnc1OC1CN(C(=O)C2CC(=O)N(c3ccc(F)cc3)C2)C1. The summed E-state index contributed by atoms with van der Waals surface area (Å²) in [6, 6.07) is 11.0. The van der Waals surface area contributed by atoms with E-state index >= 15 is 0 Å². The van der Waals surface area contributed by atoms with Crippen molar-refractivity contribution in [3.05, 3.63) is 54.0 Å². The lowest BCUT2D eigenvalue weighted by molar-refractivity contribution is -0.144. The number of anilines is 1. The lowest BCUT2D eigenvalue weighted by Gasteiger charge is -2.39. The highest BCUT2D eigenvalue weighted by Gasteiger charge is 2.41. The van der Waals surface area contributed by atoms with Crippen LogP contribution in [-0.2, 0) is 9.59 Å². The van der Waals surface area contributed by atoms with Crippen molar-refractivity contribution in [3.63, 3.8) is 0 Å². The fourth-order valence-electron chi connectivity index (χ4n) is 3.42. The quantitative estimate of drug-likeness (QED) is 0.806. The van der Waals surface area contributed by atoms with Crippen LogP contribution in [0.1, 0.15) is 12.0 Å². The summed E-state index contributed by atoms with van der Waals surface area (Å²) in [5.74, 6) is -0.782. The molecule has 1 aromatic carbocycles. The Labute approximate surface area is 160 Å². The predicted octanol–water partition coefficient (Wildman–Crippen LogP) is 1.74. The number of carbonyl (C=O) groups is 2. The fraction of sp³-hybridized carbons (Fsp3) is 0.300. The minimum absolute atomic E-state index is 0.0978. The number of nitriles is 1. The first kappa shape index (κ1) is 17.9. The molecule has 7 nitrogen and oxygen atoms in total. The molecule has 0 spiro atoms. The first-order valence-electron chi connectivity index (χ1n) is 8.91. The molecule has 2 aromatic rings. The highest BCUT2D eigenvalue weighted by molar-refractivity contribution is 6.00. The normalized spacial score (nSPS) is 19.3. The van der Waals surface area contributed by atoms with E-state index in [0.717, 1.165) is 0 Å². The molecule has 2 aliphatic heterocycles. The van der Waals surface area contributed by atoms with Gasteiger partial charge in [0.05, 0.1) is 19.0 Å². The number of aromatic nitrogens is 1. The molecule has 0 N–H and O–H groups in total. The standard InChI is InChI=1S/C20H17FN4O3/c21-15-3-5-16(6-4-15)25-10-14(8-18(25)26)20(27)24-11-17(12-24)28-19-13(9-22)2-1-7-23-19/h1-7,14,17H,8,10-12H2. The summed E-state index contributed by atoms with van der Waals surface area (Å²) >= 11 is 0. The summed E-state index contributed by atoms with van der Waals surface area (Å²) in [5, 5.41) is 9.07. The maximum Gasteiger partial charge on any atom is 0.232 e. The number of hydrogen-bond donors (Lipinski definition) is 0. The molecule has 0 aliphatic carbocycles. The Morgan fingerprint density at radius 3 is 2.68 bits per heavy atom. The van der Waals surface area contributed by atoms with Gasteiger partial charge in [-0.15, -0.1) is 0 Å². The molecule has 2 aliphatic rings. The van der Waals surface area contributed by atoms with Gasteiger partial charge in [0.15, 0.2) is 0 Å². The van der Waals surface area contributed by atoms with Crippen molar-refractivity contribution in [2.45, 2.75) is 12.5 Å². The number of nitrogens with zero attached hydrogens (tertiary/aromatic N) is 4. The zero-order chi connectivity index (χ0) is 19.7. The molecule has 2 saturated heterocycles. The van der Waals surface area contributed by atoms with Crippen LogP contribution in [0.15, 0.2) is 42.6 Å². The first-order valence-corrected chi connectivity index (χ1v) is 8.91. The molecule has 8 heteroatoms. The molecular formula is C20H17FN4O3. The molecule has 1 aromatic heterocycles. The molecular weight excluding hydrogens is 363 g/mol. The van der Waals surface area contributed by atoms with Crippen LogP contribution in [0.2, 0.25) is 0 Å². The van der Waals surface area contributed by atoms with E-state index in [1.54, 1.807) is 23.2 Å². The zero-order valence-electron chi connectivity index (χ0n) is 14.9. The molecule has 0 saturated carbocycles. The molecule has 0 bridgehead atoms. The summed E-state index contributed by atoms with van der Waals surface area (Å²) in [7, 11) is 0. The Balaban J connectivity index is 1.33. The molecule has 1 atom stereocenters. The second kappa shape index (κ2) is 7.27. The number of benzene rings is 1. The third-order valence-electron chi connectivity index (χ3n) is 4.94. The average Bonchev–Trinajstić information content (AvgIpc) is 3.06. The van der Waals surface area contributed by atoms with Gasteiger partial charge in [0.25, 0.3) is 0 Å². The molecule has 4 rings (SSSR count). The molecule has 1 unspecified atom stereocenters. The van der Waals surface area contributed by atoms with Gasteiger partial charge in [0.2, 0.25) is 17.7 Å². The summed E-state index contributed by atoms with van der Waals surface area (Å²) < 4.78 is 18.8. The zero-order valence-corrected chi connectivity index (χ0v) is 14.9. The summed E-state index contributed by atoms with van der Waals surface area (Å²) in [6.07, 6.45) is 1.46. The van der Waals surface area contributed by atoms with Crippen LogP contribution in [0.3, 0.4) is 0 Å². The number of ether oxygens (including phenoxy) is 1.